The van der Waals surface area contributed by atoms with E-state index in [2.05, 4.69) is 0 Å². The van der Waals surface area contributed by atoms with E-state index in [9.17, 15) is 0 Å². The number of rotatable bonds is 7. The second-order valence-corrected chi connectivity index (χ2v) is 4.32. The predicted molar refractivity (Wildman–Crippen MR) is 79.0 cm³/mol. The van der Waals surface area contributed by atoms with E-state index in [1.165, 1.54) is 0 Å². The molecule has 0 unspecified atom stereocenters. The van der Waals surface area contributed by atoms with Crippen LogP contribution in [0.1, 0.15) is 5.56 Å². The van der Waals surface area contributed by atoms with Crippen molar-refractivity contribution in [1.82, 2.24) is 0 Å². The monoisotopic (exact) mass is 273 g/mol. The van der Waals surface area contributed by atoms with Crippen LogP contribution in [0.5, 0.6) is 11.5 Å². The molecule has 0 saturated carbocycles. The molecule has 106 valence electrons. The highest BCUT2D eigenvalue weighted by molar-refractivity contribution is 5.55. The first-order chi connectivity index (χ1) is 9.79. The minimum atomic E-state index is 0.479. The SMILES string of the molecule is COCCOc1ccc(N)c(OCc2ccccc2)c1. The van der Waals surface area contributed by atoms with Gasteiger partial charge in [-0.15, -0.1) is 0 Å². The largest absolute Gasteiger partial charge is 0.491 e. The number of hydrogen-bond acceptors (Lipinski definition) is 4. The molecule has 2 N–H and O–H groups in total. The van der Waals surface area contributed by atoms with Gasteiger partial charge in [-0.3, -0.25) is 0 Å². The summed E-state index contributed by atoms with van der Waals surface area (Å²) in [5.74, 6) is 1.35. The van der Waals surface area contributed by atoms with Crippen molar-refractivity contribution in [1.29, 1.82) is 0 Å². The lowest BCUT2D eigenvalue weighted by atomic mass is 10.2. The maximum Gasteiger partial charge on any atom is 0.146 e. The lowest BCUT2D eigenvalue weighted by Gasteiger charge is -2.11. The summed E-state index contributed by atoms with van der Waals surface area (Å²) in [7, 11) is 1.64. The average Bonchev–Trinajstić information content (AvgIpc) is 2.49. The summed E-state index contributed by atoms with van der Waals surface area (Å²) < 4.78 is 16.2. The molecule has 0 aromatic heterocycles. The Hall–Kier alpha value is -2.20. The minimum Gasteiger partial charge on any atom is -0.491 e. The summed E-state index contributed by atoms with van der Waals surface area (Å²) in [6, 6.07) is 15.3. The van der Waals surface area contributed by atoms with Gasteiger partial charge in [0.2, 0.25) is 0 Å². The fourth-order valence-electron chi connectivity index (χ4n) is 1.71. The number of ether oxygens (including phenoxy) is 3. The number of benzene rings is 2. The Morgan fingerprint density at radius 3 is 2.50 bits per heavy atom. The molecule has 4 nitrogen and oxygen atoms in total. The Morgan fingerprint density at radius 1 is 0.950 bits per heavy atom. The van der Waals surface area contributed by atoms with Crippen LogP contribution in [-0.2, 0) is 11.3 Å². The summed E-state index contributed by atoms with van der Waals surface area (Å²) >= 11 is 0. The Kier molecular flexibility index (Phi) is 5.26. The highest BCUT2D eigenvalue weighted by atomic mass is 16.5. The fourth-order valence-corrected chi connectivity index (χ4v) is 1.71. The number of nitrogen functional groups attached to an aromatic ring is 1. The van der Waals surface area contributed by atoms with Crippen molar-refractivity contribution in [2.45, 2.75) is 6.61 Å². The lowest BCUT2D eigenvalue weighted by molar-refractivity contribution is 0.146. The Morgan fingerprint density at radius 2 is 1.75 bits per heavy atom. The third-order valence-electron chi connectivity index (χ3n) is 2.78. The van der Waals surface area contributed by atoms with Crippen molar-refractivity contribution in [2.24, 2.45) is 0 Å². The maximum absolute atomic E-state index is 5.90. The molecule has 2 rings (SSSR count). The molecule has 2 aromatic rings. The second kappa shape index (κ2) is 7.40. The van der Waals surface area contributed by atoms with E-state index in [0.29, 0.717) is 31.3 Å². The number of nitrogens with two attached hydrogens (primary N) is 1. The molecule has 0 aliphatic rings. The fraction of sp³-hybridized carbons (Fsp3) is 0.250. The molecule has 0 amide bonds. The normalized spacial score (nSPS) is 10.2. The maximum atomic E-state index is 5.90. The molecule has 20 heavy (non-hydrogen) atoms. The van der Waals surface area contributed by atoms with Crippen molar-refractivity contribution < 1.29 is 14.2 Å². The van der Waals surface area contributed by atoms with E-state index in [0.717, 1.165) is 11.3 Å². The third kappa shape index (κ3) is 4.17. The first-order valence-electron chi connectivity index (χ1n) is 6.47. The molecule has 0 saturated heterocycles. The molecule has 2 aromatic carbocycles. The Labute approximate surface area is 119 Å². The van der Waals surface area contributed by atoms with Crippen LogP contribution in [0, 0.1) is 0 Å². The van der Waals surface area contributed by atoms with Crippen molar-refractivity contribution in [3.63, 3.8) is 0 Å². The summed E-state index contributed by atoms with van der Waals surface area (Å²) in [6.07, 6.45) is 0. The van der Waals surface area contributed by atoms with Crippen LogP contribution in [0.15, 0.2) is 48.5 Å². The summed E-state index contributed by atoms with van der Waals surface area (Å²) in [6.45, 7) is 1.52. The van der Waals surface area contributed by atoms with Gasteiger partial charge in [0.25, 0.3) is 0 Å². The lowest BCUT2D eigenvalue weighted by Crippen LogP contribution is -2.05. The van der Waals surface area contributed by atoms with Gasteiger partial charge in [0, 0.05) is 13.2 Å². The molecule has 0 radical (unpaired) electrons. The van der Waals surface area contributed by atoms with Crippen LogP contribution in [0.2, 0.25) is 0 Å². The van der Waals surface area contributed by atoms with E-state index in [1.807, 2.05) is 36.4 Å². The van der Waals surface area contributed by atoms with Gasteiger partial charge in [-0.25, -0.2) is 0 Å². The Balaban J connectivity index is 1.97. The number of methoxy groups -OCH3 is 1. The summed E-state index contributed by atoms with van der Waals surface area (Å²) in [5, 5.41) is 0. The van der Waals surface area contributed by atoms with Crippen LogP contribution in [0.4, 0.5) is 5.69 Å². The van der Waals surface area contributed by atoms with Gasteiger partial charge in [-0.05, 0) is 17.7 Å². The molecule has 0 aliphatic heterocycles. The summed E-state index contributed by atoms with van der Waals surface area (Å²) in [5.41, 5.74) is 7.60. The second-order valence-electron chi connectivity index (χ2n) is 4.32. The molecule has 0 atom stereocenters. The van der Waals surface area contributed by atoms with Crippen LogP contribution in [-0.4, -0.2) is 20.3 Å². The molecule has 0 fully saturated rings. The Bertz CT molecular complexity index is 529. The smallest absolute Gasteiger partial charge is 0.146 e. The van der Waals surface area contributed by atoms with E-state index < -0.39 is 0 Å². The number of hydrogen-bond donors (Lipinski definition) is 1. The molecule has 0 bridgehead atoms. The van der Waals surface area contributed by atoms with E-state index in [4.69, 9.17) is 19.9 Å². The molecule has 0 heterocycles. The van der Waals surface area contributed by atoms with Crippen molar-refractivity contribution in [3.05, 3.63) is 54.1 Å². The van der Waals surface area contributed by atoms with Gasteiger partial charge in [0.15, 0.2) is 0 Å². The number of anilines is 1. The quantitative estimate of drug-likeness (QED) is 0.622. The van der Waals surface area contributed by atoms with E-state index in [-0.39, 0.29) is 0 Å². The molecule has 0 spiro atoms. The predicted octanol–water partition coefficient (Wildman–Crippen LogP) is 2.87. The first kappa shape index (κ1) is 14.2. The highest BCUT2D eigenvalue weighted by Gasteiger charge is 2.04. The summed E-state index contributed by atoms with van der Waals surface area (Å²) in [4.78, 5) is 0. The van der Waals surface area contributed by atoms with Crippen LogP contribution < -0.4 is 15.2 Å². The van der Waals surface area contributed by atoms with Gasteiger partial charge in [0.1, 0.15) is 24.7 Å². The van der Waals surface area contributed by atoms with Gasteiger partial charge >= 0.3 is 0 Å². The van der Waals surface area contributed by atoms with Gasteiger partial charge in [-0.2, -0.15) is 0 Å². The van der Waals surface area contributed by atoms with Gasteiger partial charge in [-0.1, -0.05) is 30.3 Å². The van der Waals surface area contributed by atoms with Gasteiger partial charge < -0.3 is 19.9 Å². The molecular formula is C16H19NO3. The van der Waals surface area contributed by atoms with Crippen molar-refractivity contribution in [2.75, 3.05) is 26.1 Å². The zero-order valence-corrected chi connectivity index (χ0v) is 11.5. The molecular weight excluding hydrogens is 254 g/mol. The topological polar surface area (TPSA) is 53.7 Å². The van der Waals surface area contributed by atoms with E-state index >= 15 is 0 Å². The van der Waals surface area contributed by atoms with E-state index in [1.54, 1.807) is 19.2 Å². The zero-order chi connectivity index (χ0) is 14.2. The highest BCUT2D eigenvalue weighted by Crippen LogP contribution is 2.27. The zero-order valence-electron chi connectivity index (χ0n) is 11.5. The standard InChI is InChI=1S/C16H19NO3/c1-18-9-10-19-14-7-8-15(17)16(11-14)20-12-13-5-3-2-4-6-13/h2-8,11H,9-10,12,17H2,1H3. The third-order valence-corrected chi connectivity index (χ3v) is 2.78. The van der Waals surface area contributed by atoms with Crippen LogP contribution >= 0.6 is 0 Å². The average molecular weight is 273 g/mol. The van der Waals surface area contributed by atoms with Crippen LogP contribution in [0.25, 0.3) is 0 Å². The van der Waals surface area contributed by atoms with Crippen molar-refractivity contribution in [3.8, 4) is 11.5 Å². The molecule has 4 heteroatoms. The van der Waals surface area contributed by atoms with Crippen molar-refractivity contribution >= 4 is 5.69 Å². The van der Waals surface area contributed by atoms with Crippen LogP contribution in [0.3, 0.4) is 0 Å². The van der Waals surface area contributed by atoms with Gasteiger partial charge in [0.05, 0.1) is 12.3 Å². The minimum absolute atomic E-state index is 0.479. The molecule has 0 aliphatic carbocycles. The first-order valence-corrected chi connectivity index (χ1v) is 6.47.